The van der Waals surface area contributed by atoms with Crippen LogP contribution < -0.4 is 5.73 Å². The number of rotatable bonds is 3. The normalized spacial score (nSPS) is 11.3. The molecule has 2 rings (SSSR count). The second-order valence-electron chi connectivity index (χ2n) is 4.21. The van der Waals surface area contributed by atoms with Gasteiger partial charge in [-0.1, -0.05) is 0 Å². The van der Waals surface area contributed by atoms with Gasteiger partial charge in [-0.05, 0) is 26.3 Å². The monoisotopic (exact) mass is 234 g/mol. The first-order valence-corrected chi connectivity index (χ1v) is 5.64. The Morgan fingerprint density at radius 3 is 2.59 bits per heavy atom. The lowest BCUT2D eigenvalue weighted by Crippen LogP contribution is -2.07. The van der Waals surface area contributed by atoms with Gasteiger partial charge in [-0.15, -0.1) is 0 Å². The standard InChI is InChI=1S/C12H18N4O/c1-7-8(2)16(5-6-17-4)12-10(7)11(13)14-9(3)15-12/h5-6H2,1-4H3,(H2,13,14,15). The van der Waals surface area contributed by atoms with E-state index in [-0.39, 0.29) is 0 Å². The highest BCUT2D eigenvalue weighted by Gasteiger charge is 2.15. The van der Waals surface area contributed by atoms with Crippen LogP contribution in [0.5, 0.6) is 0 Å². The second-order valence-corrected chi connectivity index (χ2v) is 4.21. The molecule has 2 aromatic heterocycles. The van der Waals surface area contributed by atoms with Crippen LogP contribution in [0.2, 0.25) is 0 Å². The van der Waals surface area contributed by atoms with Gasteiger partial charge in [0.2, 0.25) is 0 Å². The van der Waals surface area contributed by atoms with Gasteiger partial charge in [-0.3, -0.25) is 0 Å². The molecule has 2 N–H and O–H groups in total. The van der Waals surface area contributed by atoms with Gasteiger partial charge >= 0.3 is 0 Å². The maximum absolute atomic E-state index is 5.97. The van der Waals surface area contributed by atoms with Crippen LogP contribution >= 0.6 is 0 Å². The third-order valence-corrected chi connectivity index (χ3v) is 3.13. The van der Waals surface area contributed by atoms with E-state index in [0.29, 0.717) is 18.2 Å². The van der Waals surface area contributed by atoms with Crippen molar-refractivity contribution < 1.29 is 4.74 Å². The average Bonchev–Trinajstić information content (AvgIpc) is 2.49. The number of hydrogen-bond donors (Lipinski definition) is 1. The van der Waals surface area contributed by atoms with E-state index in [1.54, 1.807) is 7.11 Å². The van der Waals surface area contributed by atoms with Crippen molar-refractivity contribution in [1.82, 2.24) is 14.5 Å². The zero-order chi connectivity index (χ0) is 12.6. The molecule has 0 atom stereocenters. The van der Waals surface area contributed by atoms with Crippen molar-refractivity contribution in [1.29, 1.82) is 0 Å². The Balaban J connectivity index is 2.70. The summed E-state index contributed by atoms with van der Waals surface area (Å²) in [7, 11) is 1.70. The Labute approximate surface area is 101 Å². The van der Waals surface area contributed by atoms with Crippen molar-refractivity contribution in [2.45, 2.75) is 27.3 Å². The lowest BCUT2D eigenvalue weighted by Gasteiger charge is -2.07. The van der Waals surface area contributed by atoms with Gasteiger partial charge in [0.25, 0.3) is 0 Å². The number of nitrogens with zero attached hydrogens (tertiary/aromatic N) is 3. The summed E-state index contributed by atoms with van der Waals surface area (Å²) in [4.78, 5) is 8.71. The van der Waals surface area contributed by atoms with Gasteiger partial charge in [0.05, 0.1) is 12.0 Å². The SMILES string of the molecule is COCCn1c(C)c(C)c2c(N)nc(C)nc21. The van der Waals surface area contributed by atoms with Crippen LogP contribution in [0.3, 0.4) is 0 Å². The van der Waals surface area contributed by atoms with Gasteiger partial charge in [0.1, 0.15) is 17.3 Å². The quantitative estimate of drug-likeness (QED) is 0.875. The lowest BCUT2D eigenvalue weighted by molar-refractivity contribution is 0.187. The molecular formula is C12H18N4O. The predicted octanol–water partition coefficient (Wildman–Crippen LogP) is 1.59. The molecule has 0 saturated carbocycles. The largest absolute Gasteiger partial charge is 0.383 e. The van der Waals surface area contributed by atoms with E-state index in [9.17, 15) is 0 Å². The van der Waals surface area contributed by atoms with Crippen LogP contribution in [-0.4, -0.2) is 28.3 Å². The van der Waals surface area contributed by atoms with Crippen LogP contribution in [0.4, 0.5) is 5.82 Å². The Bertz CT molecular complexity index is 559. The number of aryl methyl sites for hydroxylation is 2. The maximum Gasteiger partial charge on any atom is 0.146 e. The molecule has 0 aromatic carbocycles. The van der Waals surface area contributed by atoms with Crippen molar-refractivity contribution >= 4 is 16.9 Å². The highest BCUT2D eigenvalue weighted by molar-refractivity contribution is 5.91. The summed E-state index contributed by atoms with van der Waals surface area (Å²) < 4.78 is 7.26. The Morgan fingerprint density at radius 1 is 1.24 bits per heavy atom. The molecule has 17 heavy (non-hydrogen) atoms. The molecule has 2 heterocycles. The summed E-state index contributed by atoms with van der Waals surface area (Å²) in [6.45, 7) is 7.42. The lowest BCUT2D eigenvalue weighted by atomic mass is 10.2. The zero-order valence-electron chi connectivity index (χ0n) is 10.7. The van der Waals surface area contributed by atoms with Crippen molar-refractivity contribution in [3.63, 3.8) is 0 Å². The molecule has 0 amide bonds. The summed E-state index contributed by atoms with van der Waals surface area (Å²) in [6, 6.07) is 0. The van der Waals surface area contributed by atoms with Gasteiger partial charge in [0, 0.05) is 19.3 Å². The van der Waals surface area contributed by atoms with E-state index in [1.807, 2.05) is 6.92 Å². The molecule has 0 fully saturated rings. The molecule has 0 aliphatic carbocycles. The van der Waals surface area contributed by atoms with Gasteiger partial charge < -0.3 is 15.0 Å². The number of anilines is 1. The van der Waals surface area contributed by atoms with Crippen molar-refractivity contribution in [3.05, 3.63) is 17.1 Å². The number of ether oxygens (including phenoxy) is 1. The van der Waals surface area contributed by atoms with E-state index in [0.717, 1.165) is 23.1 Å². The second kappa shape index (κ2) is 4.33. The molecule has 2 aromatic rings. The summed E-state index contributed by atoms with van der Waals surface area (Å²) >= 11 is 0. The van der Waals surface area contributed by atoms with Crippen molar-refractivity contribution in [2.75, 3.05) is 19.5 Å². The van der Waals surface area contributed by atoms with E-state index in [4.69, 9.17) is 10.5 Å². The fourth-order valence-electron chi connectivity index (χ4n) is 2.13. The summed E-state index contributed by atoms with van der Waals surface area (Å²) in [5.41, 5.74) is 9.19. The van der Waals surface area contributed by atoms with Gasteiger partial charge in [-0.25, -0.2) is 9.97 Å². The zero-order valence-corrected chi connectivity index (χ0v) is 10.7. The Hall–Kier alpha value is -1.62. The van der Waals surface area contributed by atoms with E-state index >= 15 is 0 Å². The van der Waals surface area contributed by atoms with Crippen molar-refractivity contribution in [3.8, 4) is 0 Å². The maximum atomic E-state index is 5.97. The van der Waals surface area contributed by atoms with Gasteiger partial charge in [0.15, 0.2) is 0 Å². The van der Waals surface area contributed by atoms with Crippen LogP contribution in [0, 0.1) is 20.8 Å². The minimum Gasteiger partial charge on any atom is -0.383 e. The average molecular weight is 234 g/mol. The van der Waals surface area contributed by atoms with Crippen LogP contribution in [-0.2, 0) is 11.3 Å². The molecule has 0 aliphatic rings. The van der Waals surface area contributed by atoms with Crippen LogP contribution in [0.1, 0.15) is 17.1 Å². The molecular weight excluding hydrogens is 216 g/mol. The molecule has 0 saturated heterocycles. The minimum absolute atomic E-state index is 0.560. The number of fused-ring (bicyclic) bond motifs is 1. The third kappa shape index (κ3) is 1.86. The van der Waals surface area contributed by atoms with Gasteiger partial charge in [-0.2, -0.15) is 0 Å². The number of methoxy groups -OCH3 is 1. The first-order valence-electron chi connectivity index (χ1n) is 5.64. The van der Waals surface area contributed by atoms with E-state index in [1.165, 1.54) is 5.69 Å². The summed E-state index contributed by atoms with van der Waals surface area (Å²) in [5, 5.41) is 0.962. The molecule has 0 radical (unpaired) electrons. The third-order valence-electron chi connectivity index (χ3n) is 3.13. The van der Waals surface area contributed by atoms with Crippen molar-refractivity contribution in [2.24, 2.45) is 0 Å². The molecule has 5 heteroatoms. The highest BCUT2D eigenvalue weighted by Crippen LogP contribution is 2.27. The molecule has 0 bridgehead atoms. The smallest absolute Gasteiger partial charge is 0.146 e. The fourth-order valence-corrected chi connectivity index (χ4v) is 2.13. The van der Waals surface area contributed by atoms with Crippen LogP contribution in [0.15, 0.2) is 0 Å². The van der Waals surface area contributed by atoms with Crippen LogP contribution in [0.25, 0.3) is 11.0 Å². The molecule has 0 spiro atoms. The summed E-state index contributed by atoms with van der Waals surface area (Å²) in [5.74, 6) is 1.26. The summed E-state index contributed by atoms with van der Waals surface area (Å²) in [6.07, 6.45) is 0. The number of hydrogen-bond acceptors (Lipinski definition) is 4. The molecule has 5 nitrogen and oxygen atoms in total. The molecule has 92 valence electrons. The predicted molar refractivity (Wildman–Crippen MR) is 68.0 cm³/mol. The molecule has 0 unspecified atom stereocenters. The molecule has 0 aliphatic heterocycles. The Kier molecular flexibility index (Phi) is 3.02. The first-order chi connectivity index (χ1) is 8.06. The number of aromatic nitrogens is 3. The topological polar surface area (TPSA) is 66.0 Å². The number of nitrogens with two attached hydrogens (primary N) is 1. The highest BCUT2D eigenvalue weighted by atomic mass is 16.5. The Morgan fingerprint density at radius 2 is 1.94 bits per heavy atom. The first kappa shape index (κ1) is 11.9. The van der Waals surface area contributed by atoms with E-state index in [2.05, 4.69) is 28.4 Å². The van der Waals surface area contributed by atoms with E-state index < -0.39 is 0 Å². The number of nitrogen functional groups attached to an aromatic ring is 1. The minimum atomic E-state index is 0.560. The fraction of sp³-hybridized carbons (Fsp3) is 0.500.